The van der Waals surface area contributed by atoms with Crippen molar-refractivity contribution in [3.05, 3.63) is 35.1 Å². The smallest absolute Gasteiger partial charge is 0.223 e. The van der Waals surface area contributed by atoms with Gasteiger partial charge in [0.25, 0.3) is 0 Å². The van der Waals surface area contributed by atoms with Crippen LogP contribution in [0.4, 0.5) is 4.39 Å². The number of fused-ring (bicyclic) bond motifs is 2. The molecule has 2 bridgehead atoms. The van der Waals surface area contributed by atoms with E-state index in [2.05, 4.69) is 5.32 Å². The van der Waals surface area contributed by atoms with Crippen LogP contribution in [0.1, 0.15) is 43.2 Å². The van der Waals surface area contributed by atoms with E-state index >= 15 is 0 Å². The number of benzene rings is 1. The van der Waals surface area contributed by atoms with Crippen molar-refractivity contribution in [1.29, 1.82) is 0 Å². The first-order valence-corrected chi connectivity index (χ1v) is 10.3. The lowest BCUT2D eigenvalue weighted by atomic mass is 9.65. The van der Waals surface area contributed by atoms with E-state index in [9.17, 15) is 9.18 Å². The molecular formula is C19H28ClFN2OS. The highest BCUT2D eigenvalue weighted by Gasteiger charge is 2.40. The molecule has 1 amide bonds. The molecule has 0 radical (unpaired) electrons. The van der Waals surface area contributed by atoms with Crippen molar-refractivity contribution in [3.63, 3.8) is 0 Å². The van der Waals surface area contributed by atoms with E-state index in [4.69, 9.17) is 5.73 Å². The Morgan fingerprint density at radius 3 is 2.60 bits per heavy atom. The van der Waals surface area contributed by atoms with Crippen LogP contribution in [0.5, 0.6) is 0 Å². The lowest BCUT2D eigenvalue weighted by molar-refractivity contribution is -0.128. The highest BCUT2D eigenvalue weighted by molar-refractivity contribution is 7.97. The zero-order valence-electron chi connectivity index (χ0n) is 14.7. The first-order valence-electron chi connectivity index (χ1n) is 8.88. The SMILES string of the molecule is CSCc1cc(F)ccc1CNC(=O)C1CC2CCCC(C1)C2N.Cl. The Kier molecular flexibility index (Phi) is 7.59. The quantitative estimate of drug-likeness (QED) is 0.807. The van der Waals surface area contributed by atoms with Crippen LogP contribution in [-0.4, -0.2) is 18.2 Å². The number of nitrogens with one attached hydrogen (secondary N) is 1. The van der Waals surface area contributed by atoms with E-state index in [1.165, 1.54) is 12.5 Å². The minimum atomic E-state index is -0.219. The Balaban J connectivity index is 0.00000225. The summed E-state index contributed by atoms with van der Waals surface area (Å²) in [4.78, 5) is 12.6. The van der Waals surface area contributed by atoms with E-state index in [0.717, 1.165) is 42.6 Å². The Morgan fingerprint density at radius 2 is 1.96 bits per heavy atom. The molecule has 1 aromatic rings. The number of rotatable bonds is 5. The van der Waals surface area contributed by atoms with Gasteiger partial charge in [-0.2, -0.15) is 11.8 Å². The monoisotopic (exact) mass is 386 g/mol. The molecule has 0 heterocycles. The Labute approximate surface area is 160 Å². The predicted molar refractivity (Wildman–Crippen MR) is 104 cm³/mol. The fourth-order valence-corrected chi connectivity index (χ4v) is 4.97. The summed E-state index contributed by atoms with van der Waals surface area (Å²) in [5.74, 6) is 1.77. The van der Waals surface area contributed by atoms with Crippen LogP contribution in [0.25, 0.3) is 0 Å². The number of nitrogens with two attached hydrogens (primary N) is 1. The second-order valence-corrected chi connectivity index (χ2v) is 8.13. The minimum absolute atomic E-state index is 0. The van der Waals surface area contributed by atoms with E-state index in [0.29, 0.717) is 18.4 Å². The summed E-state index contributed by atoms with van der Waals surface area (Å²) in [5.41, 5.74) is 8.28. The molecule has 0 spiro atoms. The maximum Gasteiger partial charge on any atom is 0.223 e. The number of hydrogen-bond donors (Lipinski definition) is 2. The Morgan fingerprint density at radius 1 is 1.28 bits per heavy atom. The van der Waals surface area contributed by atoms with Crippen LogP contribution in [0, 0.1) is 23.6 Å². The van der Waals surface area contributed by atoms with E-state index in [1.54, 1.807) is 23.9 Å². The number of carbonyl (C=O) groups is 1. The van der Waals surface area contributed by atoms with Gasteiger partial charge in [-0.05, 0) is 67.0 Å². The number of thioether (sulfide) groups is 1. The van der Waals surface area contributed by atoms with E-state index in [-0.39, 0.29) is 36.1 Å². The fourth-order valence-electron chi connectivity index (χ4n) is 4.39. The van der Waals surface area contributed by atoms with Crippen LogP contribution < -0.4 is 11.1 Å². The average Bonchev–Trinajstić information content (AvgIpc) is 2.54. The van der Waals surface area contributed by atoms with Crippen molar-refractivity contribution in [2.45, 2.75) is 50.4 Å². The number of halogens is 2. The Hall–Kier alpha value is -0.780. The zero-order valence-corrected chi connectivity index (χ0v) is 16.3. The summed E-state index contributed by atoms with van der Waals surface area (Å²) >= 11 is 1.66. The lowest BCUT2D eigenvalue weighted by Crippen LogP contribution is -2.49. The van der Waals surface area contributed by atoms with Crippen molar-refractivity contribution in [3.8, 4) is 0 Å². The van der Waals surface area contributed by atoms with Crippen molar-refractivity contribution >= 4 is 30.1 Å². The van der Waals surface area contributed by atoms with Crippen molar-refractivity contribution in [2.24, 2.45) is 23.5 Å². The number of hydrogen-bond acceptors (Lipinski definition) is 3. The first-order chi connectivity index (χ1) is 11.6. The normalized spacial score (nSPS) is 28.1. The van der Waals surface area contributed by atoms with Crippen molar-refractivity contribution < 1.29 is 9.18 Å². The van der Waals surface area contributed by atoms with Crippen LogP contribution >= 0.6 is 24.2 Å². The molecule has 2 aliphatic carbocycles. The number of amides is 1. The van der Waals surface area contributed by atoms with Gasteiger partial charge >= 0.3 is 0 Å². The van der Waals surface area contributed by atoms with Crippen molar-refractivity contribution in [2.75, 3.05) is 6.26 Å². The largest absolute Gasteiger partial charge is 0.352 e. The van der Waals surface area contributed by atoms with Gasteiger partial charge in [-0.25, -0.2) is 4.39 Å². The lowest BCUT2D eigenvalue weighted by Gasteiger charge is -2.43. The Bertz CT molecular complexity index is 587. The van der Waals surface area contributed by atoms with Gasteiger partial charge in [0.15, 0.2) is 0 Å². The minimum Gasteiger partial charge on any atom is -0.352 e. The molecule has 6 heteroatoms. The molecule has 0 aliphatic heterocycles. The van der Waals surface area contributed by atoms with Gasteiger partial charge in [0.2, 0.25) is 5.91 Å². The molecule has 25 heavy (non-hydrogen) atoms. The maximum absolute atomic E-state index is 13.4. The van der Waals surface area contributed by atoms with Crippen LogP contribution in [0.3, 0.4) is 0 Å². The third-order valence-electron chi connectivity index (χ3n) is 5.71. The van der Waals surface area contributed by atoms with Gasteiger partial charge in [-0.3, -0.25) is 4.79 Å². The molecule has 0 aromatic heterocycles. The topological polar surface area (TPSA) is 55.1 Å². The summed E-state index contributed by atoms with van der Waals surface area (Å²) < 4.78 is 13.4. The van der Waals surface area contributed by atoms with Crippen LogP contribution in [0.2, 0.25) is 0 Å². The molecule has 2 saturated carbocycles. The maximum atomic E-state index is 13.4. The van der Waals surface area contributed by atoms with Gasteiger partial charge in [-0.1, -0.05) is 12.5 Å². The molecule has 3 nitrogen and oxygen atoms in total. The molecule has 2 atom stereocenters. The molecule has 3 N–H and O–H groups in total. The molecule has 2 fully saturated rings. The zero-order chi connectivity index (χ0) is 17.1. The van der Waals surface area contributed by atoms with Crippen molar-refractivity contribution in [1.82, 2.24) is 5.32 Å². The second kappa shape index (κ2) is 9.24. The molecule has 3 rings (SSSR count). The summed E-state index contributed by atoms with van der Waals surface area (Å²) in [6.07, 6.45) is 7.42. The molecule has 2 aliphatic rings. The van der Waals surface area contributed by atoms with E-state index in [1.807, 2.05) is 6.26 Å². The van der Waals surface area contributed by atoms with Gasteiger partial charge < -0.3 is 11.1 Å². The summed E-state index contributed by atoms with van der Waals surface area (Å²) in [5, 5.41) is 3.08. The molecule has 1 aromatic carbocycles. The third-order valence-corrected chi connectivity index (χ3v) is 6.30. The molecule has 140 valence electrons. The molecule has 2 unspecified atom stereocenters. The van der Waals surface area contributed by atoms with Crippen LogP contribution in [0.15, 0.2) is 18.2 Å². The summed E-state index contributed by atoms with van der Waals surface area (Å²) in [6, 6.07) is 5.11. The third kappa shape index (κ3) is 4.89. The number of carbonyl (C=O) groups excluding carboxylic acids is 1. The summed E-state index contributed by atoms with van der Waals surface area (Å²) in [7, 11) is 0. The van der Waals surface area contributed by atoms with E-state index < -0.39 is 0 Å². The van der Waals surface area contributed by atoms with Gasteiger partial charge in [-0.15, -0.1) is 12.4 Å². The van der Waals surface area contributed by atoms with Crippen LogP contribution in [-0.2, 0) is 17.1 Å². The summed E-state index contributed by atoms with van der Waals surface area (Å²) in [6.45, 7) is 0.479. The second-order valence-electron chi connectivity index (χ2n) is 7.26. The van der Waals surface area contributed by atoms with Gasteiger partial charge in [0.1, 0.15) is 5.82 Å². The fraction of sp³-hybridized carbons (Fsp3) is 0.632. The van der Waals surface area contributed by atoms with Gasteiger partial charge in [0.05, 0.1) is 0 Å². The van der Waals surface area contributed by atoms with Gasteiger partial charge in [0, 0.05) is 24.3 Å². The highest BCUT2D eigenvalue weighted by atomic mass is 35.5. The highest BCUT2D eigenvalue weighted by Crippen LogP contribution is 2.41. The standard InChI is InChI=1S/C19H27FN2OS.ClH/c1-24-11-16-9-17(20)6-5-14(16)10-22-19(23)15-7-12-3-2-4-13(8-15)18(12)21;/h5-6,9,12-13,15,18H,2-4,7-8,10-11,21H2,1H3,(H,22,23);1H. The molecule has 0 saturated heterocycles. The molecular weight excluding hydrogens is 359 g/mol. The first kappa shape index (κ1) is 20.5. The predicted octanol–water partition coefficient (Wildman–Crippen LogP) is 3.88. The average molecular weight is 387 g/mol.